The van der Waals surface area contributed by atoms with Crippen molar-refractivity contribution in [2.45, 2.75) is 63.9 Å². The molecule has 0 radical (unpaired) electrons. The maximum absolute atomic E-state index is 13.5. The van der Waals surface area contributed by atoms with Crippen molar-refractivity contribution in [1.29, 1.82) is 0 Å². The number of nitro benzene ring substituents is 1. The second-order valence-corrected chi connectivity index (χ2v) is 9.88. The molecule has 1 saturated heterocycles. The molecule has 10 heteroatoms. The van der Waals surface area contributed by atoms with E-state index in [1.165, 1.54) is 19.2 Å². The lowest BCUT2D eigenvalue weighted by molar-refractivity contribution is -0.385. The molecule has 0 aromatic heterocycles. The van der Waals surface area contributed by atoms with E-state index in [9.17, 15) is 14.9 Å². The Morgan fingerprint density at radius 1 is 1.27 bits per heavy atom. The molecule has 0 saturated carbocycles. The number of nitro groups is 1. The minimum Gasteiger partial charge on any atom is -0.493 e. The number of hydrogen-bond donors (Lipinski definition) is 0. The number of nitrogens with zero attached hydrogens (tertiary/aromatic N) is 2. The lowest BCUT2D eigenvalue weighted by Gasteiger charge is -2.31. The molecule has 0 bridgehead atoms. The van der Waals surface area contributed by atoms with Crippen molar-refractivity contribution < 1.29 is 23.9 Å². The van der Waals surface area contributed by atoms with Crippen molar-refractivity contribution in [3.63, 3.8) is 0 Å². The van der Waals surface area contributed by atoms with Crippen molar-refractivity contribution in [3.8, 4) is 11.5 Å². The van der Waals surface area contributed by atoms with E-state index >= 15 is 0 Å². The highest BCUT2D eigenvalue weighted by Crippen LogP contribution is 2.37. The van der Waals surface area contributed by atoms with Crippen LogP contribution in [0.15, 0.2) is 12.1 Å². The van der Waals surface area contributed by atoms with Gasteiger partial charge in [-0.2, -0.15) is 0 Å². The minimum absolute atomic E-state index is 0.0187. The monoisotopic (exact) mass is 546 g/mol. The lowest BCUT2D eigenvalue weighted by Crippen LogP contribution is -2.43. The zero-order valence-electron chi connectivity index (χ0n) is 19.7. The van der Waals surface area contributed by atoms with Gasteiger partial charge in [-0.15, -0.1) is 11.8 Å². The quantitative estimate of drug-likeness (QED) is 0.0921. The van der Waals surface area contributed by atoms with Crippen LogP contribution in [0.5, 0.6) is 11.5 Å². The van der Waals surface area contributed by atoms with E-state index < -0.39 is 4.92 Å². The molecule has 0 spiro atoms. The molecule has 1 aromatic rings. The molecule has 2 atom stereocenters. The van der Waals surface area contributed by atoms with Gasteiger partial charge in [0.2, 0.25) is 0 Å². The van der Waals surface area contributed by atoms with Crippen LogP contribution < -0.4 is 9.47 Å². The van der Waals surface area contributed by atoms with Crippen LogP contribution in [0.25, 0.3) is 0 Å². The Kier molecular flexibility index (Phi) is 12.3. The summed E-state index contributed by atoms with van der Waals surface area (Å²) in [7, 11) is 1.47. The number of unbranched alkanes of at least 4 members (excludes halogenated alkanes) is 3. The van der Waals surface area contributed by atoms with Gasteiger partial charge in [-0.1, -0.05) is 35.7 Å². The Hall–Kier alpha value is -1.52. The molecule has 1 fully saturated rings. The third kappa shape index (κ3) is 7.75. The maximum atomic E-state index is 13.5. The van der Waals surface area contributed by atoms with Crippen LogP contribution in [0, 0.1) is 10.1 Å². The number of carbonyl (C=O) groups excluding carboxylic acids is 1. The normalized spacial score (nSPS) is 16.6. The Morgan fingerprint density at radius 2 is 2.03 bits per heavy atom. The van der Waals surface area contributed by atoms with Gasteiger partial charge in [-0.25, -0.2) is 0 Å². The van der Waals surface area contributed by atoms with E-state index in [4.69, 9.17) is 14.2 Å². The SMILES string of the molecule is CCOC(SCC)C1CCCN1C(=O)c1cc(OC)c(OCCCCCCBr)cc1[N+](=O)[O-]. The zero-order chi connectivity index (χ0) is 24.2. The number of halogens is 1. The number of methoxy groups -OCH3 is 1. The zero-order valence-corrected chi connectivity index (χ0v) is 22.1. The highest BCUT2D eigenvalue weighted by Gasteiger charge is 2.38. The summed E-state index contributed by atoms with van der Waals surface area (Å²) in [4.78, 5) is 26.6. The van der Waals surface area contributed by atoms with E-state index in [0.717, 1.165) is 49.6 Å². The Morgan fingerprint density at radius 3 is 2.67 bits per heavy atom. The predicted octanol–water partition coefficient (Wildman–Crippen LogP) is 5.66. The molecule has 8 nitrogen and oxygen atoms in total. The van der Waals surface area contributed by atoms with Gasteiger partial charge < -0.3 is 19.1 Å². The van der Waals surface area contributed by atoms with Crippen LogP contribution >= 0.6 is 27.7 Å². The molecule has 1 aliphatic heterocycles. The van der Waals surface area contributed by atoms with E-state index in [2.05, 4.69) is 15.9 Å². The molecule has 1 aliphatic rings. The van der Waals surface area contributed by atoms with Crippen molar-refractivity contribution in [3.05, 3.63) is 27.8 Å². The summed E-state index contributed by atoms with van der Waals surface area (Å²) < 4.78 is 17.1. The molecule has 1 amide bonds. The van der Waals surface area contributed by atoms with Gasteiger partial charge in [0.15, 0.2) is 11.5 Å². The number of carbonyl (C=O) groups is 1. The van der Waals surface area contributed by atoms with Crippen molar-refractivity contribution in [2.75, 3.05) is 38.0 Å². The van der Waals surface area contributed by atoms with Crippen LogP contribution in [-0.2, 0) is 4.74 Å². The maximum Gasteiger partial charge on any atom is 0.286 e. The van der Waals surface area contributed by atoms with Crippen LogP contribution in [0.3, 0.4) is 0 Å². The standard InChI is InChI=1S/C23H35BrN2O6S/c1-4-31-23(33-5-2)18-11-10-13-25(18)22(27)17-15-20(30-3)21(16-19(17)26(28)29)32-14-9-7-6-8-12-24/h15-16,18,23H,4-14H2,1-3H3. The number of benzene rings is 1. The first kappa shape index (κ1) is 27.7. The number of thioether (sulfide) groups is 1. The largest absolute Gasteiger partial charge is 0.493 e. The fourth-order valence-corrected chi connectivity index (χ4v) is 5.42. The predicted molar refractivity (Wildman–Crippen MR) is 135 cm³/mol. The molecular formula is C23H35BrN2O6S. The van der Waals surface area contributed by atoms with Gasteiger partial charge in [0.25, 0.3) is 11.6 Å². The molecule has 0 aliphatic carbocycles. The van der Waals surface area contributed by atoms with E-state index in [1.807, 2.05) is 13.8 Å². The van der Waals surface area contributed by atoms with Crippen molar-refractivity contribution in [2.24, 2.45) is 0 Å². The van der Waals surface area contributed by atoms with Crippen LogP contribution in [0.4, 0.5) is 5.69 Å². The average molecular weight is 548 g/mol. The molecular weight excluding hydrogens is 512 g/mol. The highest BCUT2D eigenvalue weighted by atomic mass is 79.9. The summed E-state index contributed by atoms with van der Waals surface area (Å²) in [6.45, 7) is 5.51. The Bertz CT molecular complexity index is 776. The van der Waals surface area contributed by atoms with Crippen molar-refractivity contribution >= 4 is 39.3 Å². The Balaban J connectivity index is 2.25. The lowest BCUT2D eigenvalue weighted by atomic mass is 10.1. The average Bonchev–Trinajstić information content (AvgIpc) is 3.30. The molecule has 2 rings (SSSR count). The topological polar surface area (TPSA) is 91.1 Å². The molecule has 0 N–H and O–H groups in total. The first-order valence-corrected chi connectivity index (χ1v) is 13.7. The minimum atomic E-state index is -0.526. The second-order valence-electron chi connectivity index (χ2n) is 7.72. The van der Waals surface area contributed by atoms with Gasteiger partial charge in [-0.3, -0.25) is 14.9 Å². The fourth-order valence-electron chi connectivity index (χ4n) is 3.96. The van der Waals surface area contributed by atoms with Crippen LogP contribution in [0.2, 0.25) is 0 Å². The smallest absolute Gasteiger partial charge is 0.286 e. The number of alkyl halides is 1. The summed E-state index contributed by atoms with van der Waals surface area (Å²) in [5.41, 5.74) is -0.401. The van der Waals surface area contributed by atoms with E-state index in [1.54, 1.807) is 16.7 Å². The van der Waals surface area contributed by atoms with Crippen LogP contribution in [0.1, 0.15) is 62.7 Å². The molecule has 1 aromatic carbocycles. The number of rotatable bonds is 15. The fraction of sp³-hybridized carbons (Fsp3) is 0.696. The van der Waals surface area contributed by atoms with Gasteiger partial charge in [0.1, 0.15) is 11.0 Å². The van der Waals surface area contributed by atoms with E-state index in [0.29, 0.717) is 25.5 Å². The van der Waals surface area contributed by atoms with Gasteiger partial charge in [0, 0.05) is 24.5 Å². The number of ether oxygens (including phenoxy) is 3. The molecule has 2 unspecified atom stereocenters. The third-order valence-electron chi connectivity index (χ3n) is 5.53. The summed E-state index contributed by atoms with van der Waals surface area (Å²) >= 11 is 5.07. The first-order valence-electron chi connectivity index (χ1n) is 11.6. The molecule has 33 heavy (non-hydrogen) atoms. The van der Waals surface area contributed by atoms with E-state index in [-0.39, 0.29) is 34.4 Å². The summed E-state index contributed by atoms with van der Waals surface area (Å²) in [5.74, 6) is 1.10. The summed E-state index contributed by atoms with van der Waals surface area (Å²) in [5, 5.41) is 12.8. The molecule has 186 valence electrons. The third-order valence-corrected chi connectivity index (χ3v) is 7.20. The summed E-state index contributed by atoms with van der Waals surface area (Å²) in [6.07, 6.45) is 5.70. The second kappa shape index (κ2) is 14.7. The van der Waals surface area contributed by atoms with Crippen LogP contribution in [-0.4, -0.2) is 65.2 Å². The Labute approximate surface area is 209 Å². The highest BCUT2D eigenvalue weighted by molar-refractivity contribution is 9.09. The summed E-state index contributed by atoms with van der Waals surface area (Å²) in [6, 6.07) is 2.64. The number of likely N-dealkylation sites (tertiary alicyclic amines) is 1. The molecule has 1 heterocycles. The first-order chi connectivity index (χ1) is 16.0. The number of hydrogen-bond acceptors (Lipinski definition) is 7. The van der Waals surface area contributed by atoms with Gasteiger partial charge >= 0.3 is 0 Å². The number of amides is 1. The van der Waals surface area contributed by atoms with Gasteiger partial charge in [-0.05, 0) is 38.4 Å². The van der Waals surface area contributed by atoms with Crippen molar-refractivity contribution in [1.82, 2.24) is 4.90 Å². The van der Waals surface area contributed by atoms with Gasteiger partial charge in [0.05, 0.1) is 30.7 Å².